The van der Waals surface area contributed by atoms with Crippen molar-refractivity contribution in [2.45, 2.75) is 0 Å². The Morgan fingerprint density at radius 2 is 1.96 bits per heavy atom. The van der Waals surface area contributed by atoms with Crippen LogP contribution in [0, 0.1) is 10.1 Å². The van der Waals surface area contributed by atoms with Gasteiger partial charge in [-0.25, -0.2) is 4.98 Å². The van der Waals surface area contributed by atoms with Crippen LogP contribution in [0.25, 0.3) is 10.2 Å². The molecule has 0 atom stereocenters. The Labute approximate surface area is 139 Å². The molecule has 0 aliphatic carbocycles. The summed E-state index contributed by atoms with van der Waals surface area (Å²) in [5.41, 5.74) is 0.544. The number of methoxy groups -OCH3 is 2. The second-order valence-electron chi connectivity index (χ2n) is 4.52. The van der Waals surface area contributed by atoms with Gasteiger partial charge in [0.1, 0.15) is 26.6 Å². The van der Waals surface area contributed by atoms with E-state index in [0.29, 0.717) is 21.7 Å². The van der Waals surface area contributed by atoms with Gasteiger partial charge in [0.25, 0.3) is 5.91 Å². The summed E-state index contributed by atoms with van der Waals surface area (Å²) in [6.45, 7) is 0. The van der Waals surface area contributed by atoms with E-state index in [1.165, 1.54) is 31.6 Å². The molecule has 0 fully saturated rings. The van der Waals surface area contributed by atoms with E-state index in [-0.39, 0.29) is 10.9 Å². The SMILES string of the molecule is COc1ccc(OC)c2sc(NC(=O)c3ccc([N+](=O)[O-])o3)nc12. The lowest BCUT2D eigenvalue weighted by molar-refractivity contribution is -0.402. The maximum atomic E-state index is 12.1. The summed E-state index contributed by atoms with van der Waals surface area (Å²) in [4.78, 5) is 26.3. The largest absolute Gasteiger partial charge is 0.495 e. The Kier molecular flexibility index (Phi) is 4.04. The molecule has 0 unspecified atom stereocenters. The van der Waals surface area contributed by atoms with E-state index in [1.54, 1.807) is 12.1 Å². The lowest BCUT2D eigenvalue weighted by Crippen LogP contribution is -2.10. The number of hydrogen-bond donors (Lipinski definition) is 1. The summed E-state index contributed by atoms with van der Waals surface area (Å²) >= 11 is 1.19. The molecule has 0 saturated carbocycles. The molecular weight excluding hydrogens is 338 g/mol. The standard InChI is InChI=1S/C14H11N3O6S/c1-21-7-3-4-8(22-2)12-11(7)15-14(24-12)16-13(18)9-5-6-10(23-9)17(19)20/h3-6H,1-2H3,(H,15,16,18). The molecule has 1 aromatic carbocycles. The number of rotatable bonds is 5. The van der Waals surface area contributed by atoms with E-state index < -0.39 is 16.7 Å². The minimum Gasteiger partial charge on any atom is -0.495 e. The second kappa shape index (κ2) is 6.16. The average molecular weight is 349 g/mol. The van der Waals surface area contributed by atoms with Gasteiger partial charge >= 0.3 is 5.88 Å². The molecule has 0 spiro atoms. The van der Waals surface area contributed by atoms with Crippen LogP contribution in [-0.2, 0) is 0 Å². The summed E-state index contributed by atoms with van der Waals surface area (Å²) in [6.07, 6.45) is 0. The van der Waals surface area contributed by atoms with Crippen LogP contribution in [0.2, 0.25) is 0 Å². The van der Waals surface area contributed by atoms with Crippen molar-refractivity contribution in [1.82, 2.24) is 4.98 Å². The highest BCUT2D eigenvalue weighted by Gasteiger charge is 2.20. The van der Waals surface area contributed by atoms with Gasteiger partial charge in [-0.1, -0.05) is 11.3 Å². The smallest absolute Gasteiger partial charge is 0.433 e. The van der Waals surface area contributed by atoms with E-state index in [4.69, 9.17) is 13.9 Å². The van der Waals surface area contributed by atoms with E-state index in [1.807, 2.05) is 0 Å². The number of ether oxygens (including phenoxy) is 2. The minimum absolute atomic E-state index is 0.181. The predicted molar refractivity (Wildman–Crippen MR) is 86.0 cm³/mol. The molecular formula is C14H11N3O6S. The number of aromatic nitrogens is 1. The number of anilines is 1. The van der Waals surface area contributed by atoms with Crippen molar-refractivity contribution >= 4 is 38.5 Å². The van der Waals surface area contributed by atoms with Gasteiger partial charge in [0.2, 0.25) is 0 Å². The summed E-state index contributed by atoms with van der Waals surface area (Å²) in [6, 6.07) is 5.78. The number of nitrogens with zero attached hydrogens (tertiary/aromatic N) is 2. The van der Waals surface area contributed by atoms with Crippen molar-refractivity contribution in [1.29, 1.82) is 0 Å². The summed E-state index contributed by atoms with van der Waals surface area (Å²) in [7, 11) is 3.04. The monoisotopic (exact) mass is 349 g/mol. The Bertz CT molecular complexity index is 891. The second-order valence-corrected chi connectivity index (χ2v) is 5.52. The van der Waals surface area contributed by atoms with Crippen LogP contribution in [0.1, 0.15) is 10.6 Å². The molecule has 2 heterocycles. The Hall–Kier alpha value is -3.14. The van der Waals surface area contributed by atoms with E-state index >= 15 is 0 Å². The van der Waals surface area contributed by atoms with Crippen molar-refractivity contribution in [3.05, 3.63) is 40.1 Å². The number of benzene rings is 1. The highest BCUT2D eigenvalue weighted by Crippen LogP contribution is 2.38. The molecule has 0 aliphatic heterocycles. The lowest BCUT2D eigenvalue weighted by Gasteiger charge is -2.03. The number of thiazole rings is 1. The van der Waals surface area contributed by atoms with Gasteiger partial charge in [-0.05, 0) is 18.2 Å². The maximum absolute atomic E-state index is 12.1. The van der Waals surface area contributed by atoms with Crippen LogP contribution in [0.5, 0.6) is 11.5 Å². The molecule has 0 radical (unpaired) electrons. The number of hydrogen-bond acceptors (Lipinski definition) is 8. The number of fused-ring (bicyclic) bond motifs is 1. The Morgan fingerprint density at radius 1 is 1.25 bits per heavy atom. The highest BCUT2D eigenvalue weighted by molar-refractivity contribution is 7.22. The molecule has 9 nitrogen and oxygen atoms in total. The van der Waals surface area contributed by atoms with Crippen LogP contribution in [0.3, 0.4) is 0 Å². The number of amides is 1. The van der Waals surface area contributed by atoms with Crippen molar-refractivity contribution < 1.29 is 23.6 Å². The normalized spacial score (nSPS) is 10.6. The fourth-order valence-electron chi connectivity index (χ4n) is 2.05. The third kappa shape index (κ3) is 2.74. The van der Waals surface area contributed by atoms with Gasteiger partial charge in [0.05, 0.1) is 20.3 Å². The fraction of sp³-hybridized carbons (Fsp3) is 0.143. The van der Waals surface area contributed by atoms with Gasteiger partial charge in [-0.15, -0.1) is 0 Å². The number of carbonyl (C=O) groups excluding carboxylic acids is 1. The first kappa shape index (κ1) is 15.7. The fourth-order valence-corrected chi connectivity index (χ4v) is 3.01. The molecule has 24 heavy (non-hydrogen) atoms. The quantitative estimate of drug-likeness (QED) is 0.555. The number of carbonyl (C=O) groups is 1. The van der Waals surface area contributed by atoms with Crippen molar-refractivity contribution in [3.8, 4) is 11.5 Å². The number of furan rings is 1. The Morgan fingerprint density at radius 3 is 2.58 bits per heavy atom. The van der Waals surface area contributed by atoms with Crippen LogP contribution in [0.15, 0.2) is 28.7 Å². The molecule has 3 rings (SSSR count). The molecule has 124 valence electrons. The first-order valence-electron chi connectivity index (χ1n) is 6.60. The molecule has 0 aliphatic rings. The molecule has 10 heteroatoms. The number of nitrogens with one attached hydrogen (secondary N) is 1. The Balaban J connectivity index is 1.92. The maximum Gasteiger partial charge on any atom is 0.433 e. The van der Waals surface area contributed by atoms with E-state index in [9.17, 15) is 14.9 Å². The topological polar surface area (TPSA) is 117 Å². The van der Waals surface area contributed by atoms with Gasteiger partial charge in [-0.3, -0.25) is 20.2 Å². The zero-order valence-electron chi connectivity index (χ0n) is 12.6. The summed E-state index contributed by atoms with van der Waals surface area (Å²) in [5, 5.41) is 13.4. The predicted octanol–water partition coefficient (Wildman–Crippen LogP) is 3.07. The minimum atomic E-state index is -0.718. The summed E-state index contributed by atoms with van der Waals surface area (Å²) in [5.74, 6) is -0.193. The summed E-state index contributed by atoms with van der Waals surface area (Å²) < 4.78 is 16.1. The molecule has 3 aromatic rings. The first-order chi connectivity index (χ1) is 11.5. The molecule has 0 saturated heterocycles. The van der Waals surface area contributed by atoms with Gasteiger partial charge in [-0.2, -0.15) is 0 Å². The van der Waals surface area contributed by atoms with E-state index in [2.05, 4.69) is 10.3 Å². The van der Waals surface area contributed by atoms with Gasteiger partial charge in [0.15, 0.2) is 10.9 Å². The van der Waals surface area contributed by atoms with Crippen LogP contribution in [0.4, 0.5) is 11.0 Å². The van der Waals surface area contributed by atoms with Crippen LogP contribution < -0.4 is 14.8 Å². The zero-order valence-corrected chi connectivity index (χ0v) is 13.4. The highest BCUT2D eigenvalue weighted by atomic mass is 32.1. The van der Waals surface area contributed by atoms with Crippen molar-refractivity contribution in [2.24, 2.45) is 0 Å². The molecule has 1 amide bonds. The van der Waals surface area contributed by atoms with Crippen LogP contribution in [-0.4, -0.2) is 30.0 Å². The van der Waals surface area contributed by atoms with Crippen LogP contribution >= 0.6 is 11.3 Å². The first-order valence-corrected chi connectivity index (χ1v) is 7.42. The zero-order chi connectivity index (χ0) is 17.3. The van der Waals surface area contributed by atoms with Crippen molar-refractivity contribution in [2.75, 3.05) is 19.5 Å². The van der Waals surface area contributed by atoms with Gasteiger partial charge in [0, 0.05) is 0 Å². The molecule has 2 aromatic heterocycles. The lowest BCUT2D eigenvalue weighted by atomic mass is 10.3. The molecule has 0 bridgehead atoms. The van der Waals surface area contributed by atoms with E-state index in [0.717, 1.165) is 6.07 Å². The van der Waals surface area contributed by atoms with Crippen molar-refractivity contribution in [3.63, 3.8) is 0 Å². The number of nitro groups is 1. The average Bonchev–Trinajstić information content (AvgIpc) is 3.20. The molecule has 1 N–H and O–H groups in total. The van der Waals surface area contributed by atoms with Gasteiger partial charge < -0.3 is 13.9 Å². The third-order valence-corrected chi connectivity index (χ3v) is 4.11. The third-order valence-electron chi connectivity index (χ3n) is 3.13.